The number of aromatic nitrogens is 3. The minimum absolute atomic E-state index is 0.107. The lowest BCUT2D eigenvalue weighted by Crippen LogP contribution is -2.20. The van der Waals surface area contributed by atoms with Crippen molar-refractivity contribution in [1.29, 1.82) is 0 Å². The SMILES string of the molecule is O=C(CSc1nnc(-c2ccc(Cl)cc2)n1-c1ccc(Cl)cc1)N/N=C/c1ccccc1C(F)(F)F. The summed E-state index contributed by atoms with van der Waals surface area (Å²) >= 11 is 13.1. The van der Waals surface area contributed by atoms with Gasteiger partial charge in [0, 0.05) is 26.9 Å². The van der Waals surface area contributed by atoms with Crippen LogP contribution in [0.15, 0.2) is 83.1 Å². The van der Waals surface area contributed by atoms with Crippen molar-refractivity contribution in [2.45, 2.75) is 11.3 Å². The maximum Gasteiger partial charge on any atom is 0.417 e. The number of hydrogen-bond acceptors (Lipinski definition) is 5. The predicted octanol–water partition coefficient (Wildman–Crippen LogP) is 6.50. The fourth-order valence-electron chi connectivity index (χ4n) is 3.18. The van der Waals surface area contributed by atoms with Crippen molar-refractivity contribution in [3.8, 4) is 17.1 Å². The van der Waals surface area contributed by atoms with Crippen molar-refractivity contribution in [3.05, 3.63) is 94.0 Å². The van der Waals surface area contributed by atoms with Crippen molar-refractivity contribution in [3.63, 3.8) is 0 Å². The van der Waals surface area contributed by atoms with Gasteiger partial charge >= 0.3 is 6.18 Å². The number of rotatable bonds is 7. The predicted molar refractivity (Wildman–Crippen MR) is 135 cm³/mol. The molecule has 36 heavy (non-hydrogen) atoms. The molecule has 0 saturated heterocycles. The van der Waals surface area contributed by atoms with E-state index in [0.717, 1.165) is 35.3 Å². The molecule has 3 aromatic carbocycles. The largest absolute Gasteiger partial charge is 0.417 e. The number of carbonyl (C=O) groups excluding carboxylic acids is 1. The monoisotopic (exact) mass is 549 g/mol. The first kappa shape index (κ1) is 25.7. The van der Waals surface area contributed by atoms with Crippen molar-refractivity contribution in [2.75, 3.05) is 5.75 Å². The van der Waals surface area contributed by atoms with Crippen LogP contribution < -0.4 is 5.43 Å². The number of hydrogen-bond donors (Lipinski definition) is 1. The molecular weight excluding hydrogens is 534 g/mol. The Morgan fingerprint density at radius 1 is 0.972 bits per heavy atom. The molecule has 1 heterocycles. The molecule has 0 unspecified atom stereocenters. The molecule has 12 heteroatoms. The van der Waals surface area contributed by atoms with Crippen molar-refractivity contribution >= 4 is 47.1 Å². The topological polar surface area (TPSA) is 72.2 Å². The highest BCUT2D eigenvalue weighted by molar-refractivity contribution is 7.99. The molecule has 0 bridgehead atoms. The number of alkyl halides is 3. The summed E-state index contributed by atoms with van der Waals surface area (Å²) in [7, 11) is 0. The Balaban J connectivity index is 1.51. The van der Waals surface area contributed by atoms with Gasteiger partial charge in [-0.1, -0.05) is 53.2 Å². The molecule has 1 aromatic heterocycles. The summed E-state index contributed by atoms with van der Waals surface area (Å²) < 4.78 is 41.1. The second-order valence-electron chi connectivity index (χ2n) is 7.29. The highest BCUT2D eigenvalue weighted by Crippen LogP contribution is 2.31. The molecule has 0 fully saturated rings. The summed E-state index contributed by atoms with van der Waals surface area (Å²) in [5.74, 6) is -0.108. The lowest BCUT2D eigenvalue weighted by molar-refractivity contribution is -0.137. The van der Waals surface area contributed by atoms with Gasteiger partial charge in [-0.25, -0.2) is 5.43 Å². The number of carbonyl (C=O) groups is 1. The highest BCUT2D eigenvalue weighted by atomic mass is 35.5. The van der Waals surface area contributed by atoms with E-state index in [9.17, 15) is 18.0 Å². The van der Waals surface area contributed by atoms with Gasteiger partial charge in [0.2, 0.25) is 0 Å². The van der Waals surface area contributed by atoms with Crippen LogP contribution in [0.1, 0.15) is 11.1 Å². The fraction of sp³-hybridized carbons (Fsp3) is 0.0833. The molecule has 0 aliphatic heterocycles. The van der Waals surface area contributed by atoms with Gasteiger partial charge in [0.15, 0.2) is 11.0 Å². The normalized spacial score (nSPS) is 11.7. The summed E-state index contributed by atoms with van der Waals surface area (Å²) in [5, 5.41) is 13.7. The zero-order valence-electron chi connectivity index (χ0n) is 18.2. The molecule has 1 N–H and O–H groups in total. The van der Waals surface area contributed by atoms with E-state index in [4.69, 9.17) is 23.2 Å². The third-order valence-corrected chi connectivity index (χ3v) is 6.24. The summed E-state index contributed by atoms with van der Waals surface area (Å²) in [6, 6.07) is 19.0. The van der Waals surface area contributed by atoms with Gasteiger partial charge in [0.25, 0.3) is 5.91 Å². The highest BCUT2D eigenvalue weighted by Gasteiger charge is 2.32. The standard InChI is InChI=1S/C24H16Cl2F3N5OS/c25-17-7-5-15(6-8-17)22-32-33-23(34(22)19-11-9-18(26)10-12-19)36-14-21(35)31-30-13-16-3-1-2-4-20(16)24(27,28)29/h1-13H,14H2,(H,31,35)/b30-13+. The Bertz CT molecular complexity index is 1390. The number of nitrogens with zero attached hydrogens (tertiary/aromatic N) is 4. The van der Waals surface area contributed by atoms with Crippen molar-refractivity contribution in [2.24, 2.45) is 5.10 Å². The molecule has 0 saturated carbocycles. The van der Waals surface area contributed by atoms with Crippen LogP contribution in [0.25, 0.3) is 17.1 Å². The second-order valence-corrected chi connectivity index (χ2v) is 9.11. The third-order valence-electron chi connectivity index (χ3n) is 4.81. The number of amides is 1. The van der Waals surface area contributed by atoms with Crippen LogP contribution in [-0.4, -0.2) is 32.6 Å². The minimum atomic E-state index is -4.53. The summed E-state index contributed by atoms with van der Waals surface area (Å²) in [4.78, 5) is 12.3. The molecule has 0 aliphatic carbocycles. The van der Waals surface area contributed by atoms with Gasteiger partial charge in [0.05, 0.1) is 17.5 Å². The van der Waals surface area contributed by atoms with Crippen LogP contribution in [0.5, 0.6) is 0 Å². The van der Waals surface area contributed by atoms with Gasteiger partial charge < -0.3 is 0 Å². The van der Waals surface area contributed by atoms with Crippen molar-refractivity contribution < 1.29 is 18.0 Å². The molecule has 0 atom stereocenters. The van der Waals surface area contributed by atoms with Crippen molar-refractivity contribution in [1.82, 2.24) is 20.2 Å². The molecule has 4 rings (SSSR count). The first-order chi connectivity index (χ1) is 17.2. The van der Waals surface area contributed by atoms with E-state index in [2.05, 4.69) is 20.7 Å². The van der Waals surface area contributed by atoms with Crippen LogP contribution in [-0.2, 0) is 11.0 Å². The number of nitrogens with one attached hydrogen (secondary N) is 1. The Labute approximate surface area is 218 Å². The zero-order chi connectivity index (χ0) is 25.7. The summed E-state index contributed by atoms with van der Waals surface area (Å²) in [6.07, 6.45) is -3.57. The van der Waals surface area contributed by atoms with E-state index in [-0.39, 0.29) is 11.3 Å². The maximum absolute atomic E-state index is 13.1. The molecule has 0 spiro atoms. The molecule has 0 radical (unpaired) electrons. The minimum Gasteiger partial charge on any atom is -0.272 e. The average Bonchev–Trinajstić information content (AvgIpc) is 3.27. The van der Waals surface area contributed by atoms with Gasteiger partial charge in [-0.3, -0.25) is 9.36 Å². The molecular formula is C24H16Cl2F3N5OS. The van der Waals surface area contributed by atoms with E-state index in [0.29, 0.717) is 21.0 Å². The smallest absolute Gasteiger partial charge is 0.272 e. The third kappa shape index (κ3) is 6.26. The summed E-state index contributed by atoms with van der Waals surface area (Å²) in [5.41, 5.74) is 2.72. The number of halogens is 5. The molecule has 4 aromatic rings. The van der Waals surface area contributed by atoms with Crippen LogP contribution in [0.2, 0.25) is 10.0 Å². The van der Waals surface area contributed by atoms with Crippen LogP contribution >= 0.6 is 35.0 Å². The Morgan fingerprint density at radius 2 is 1.61 bits per heavy atom. The number of thioether (sulfide) groups is 1. The van der Waals surface area contributed by atoms with E-state index >= 15 is 0 Å². The van der Waals surface area contributed by atoms with Gasteiger partial charge in [-0.05, 0) is 54.6 Å². The van der Waals surface area contributed by atoms with Gasteiger partial charge in [-0.2, -0.15) is 18.3 Å². The van der Waals surface area contributed by atoms with Crippen LogP contribution in [0.3, 0.4) is 0 Å². The Morgan fingerprint density at radius 3 is 2.28 bits per heavy atom. The number of hydrazone groups is 1. The average molecular weight is 550 g/mol. The lowest BCUT2D eigenvalue weighted by Gasteiger charge is -2.10. The lowest BCUT2D eigenvalue weighted by atomic mass is 10.1. The first-order valence-electron chi connectivity index (χ1n) is 10.3. The fourth-order valence-corrected chi connectivity index (χ4v) is 4.17. The summed E-state index contributed by atoms with van der Waals surface area (Å²) in [6.45, 7) is 0. The van der Waals surface area contributed by atoms with Gasteiger partial charge in [0.1, 0.15) is 0 Å². The van der Waals surface area contributed by atoms with Crippen LogP contribution in [0.4, 0.5) is 13.2 Å². The van der Waals surface area contributed by atoms with Gasteiger partial charge in [-0.15, -0.1) is 10.2 Å². The quantitative estimate of drug-likeness (QED) is 0.162. The Hall–Kier alpha value is -3.34. The second kappa shape index (κ2) is 11.2. The van der Waals surface area contributed by atoms with Crippen LogP contribution in [0, 0.1) is 0 Å². The van der Waals surface area contributed by atoms with E-state index < -0.39 is 17.6 Å². The Kier molecular flexibility index (Phi) is 7.97. The zero-order valence-corrected chi connectivity index (χ0v) is 20.5. The van der Waals surface area contributed by atoms with E-state index in [1.807, 2.05) is 0 Å². The molecule has 1 amide bonds. The van der Waals surface area contributed by atoms with E-state index in [1.54, 1.807) is 53.1 Å². The molecule has 6 nitrogen and oxygen atoms in total. The maximum atomic E-state index is 13.1. The molecule has 0 aliphatic rings. The first-order valence-corrected chi connectivity index (χ1v) is 12.0. The number of benzene rings is 3. The molecule has 184 valence electrons. The van der Waals surface area contributed by atoms with E-state index in [1.165, 1.54) is 18.2 Å².